The fraction of sp³-hybridized carbons (Fsp3) is 0.238. The van der Waals surface area contributed by atoms with E-state index < -0.39 is 22.6 Å². The Kier molecular flexibility index (Phi) is 12.2. The maximum absolute atomic E-state index is 13.1. The molecule has 0 N–H and O–H groups in total. The number of hydrogen-bond acceptors (Lipinski definition) is 5. The summed E-state index contributed by atoms with van der Waals surface area (Å²) in [5.74, 6) is 0.918. The summed E-state index contributed by atoms with van der Waals surface area (Å²) < 4.78 is 19.2. The standard InChI is InChI=1S/C42H46O5Si2/c1-33(43)36-20-15-21-37(32-36)42(44)46-41-29-14-12-19-35(41)23-17-31-49(4,39-26-9-6-10-27-39)47-48(3,38-24-7-5-8-25-38)30-16-22-34-18-11-13-28-40(34)45-2/h5-15,18-21,24-29,32H,16-17,22-23,30-31H2,1-4H3. The Balaban J connectivity index is 1.35. The molecule has 0 aromatic heterocycles. The summed E-state index contributed by atoms with van der Waals surface area (Å²) in [6, 6.07) is 46.2. The second-order valence-electron chi connectivity index (χ2n) is 12.9. The average molecular weight is 687 g/mol. The summed E-state index contributed by atoms with van der Waals surface area (Å²) in [6.45, 7) is 6.24. The third-order valence-electron chi connectivity index (χ3n) is 9.29. The zero-order valence-electron chi connectivity index (χ0n) is 29.0. The molecule has 0 heterocycles. The lowest BCUT2D eigenvalue weighted by atomic mass is 10.1. The van der Waals surface area contributed by atoms with Gasteiger partial charge < -0.3 is 13.6 Å². The van der Waals surface area contributed by atoms with Crippen molar-refractivity contribution in [2.45, 2.75) is 57.8 Å². The van der Waals surface area contributed by atoms with Gasteiger partial charge in [0, 0.05) is 5.56 Å². The molecule has 49 heavy (non-hydrogen) atoms. The molecule has 0 saturated heterocycles. The summed E-state index contributed by atoms with van der Waals surface area (Å²) >= 11 is 0. The second kappa shape index (κ2) is 16.7. The molecule has 7 heteroatoms. The van der Waals surface area contributed by atoms with E-state index in [1.807, 2.05) is 36.4 Å². The highest BCUT2D eigenvalue weighted by atomic mass is 28.4. The molecule has 5 aromatic carbocycles. The minimum absolute atomic E-state index is 0.0919. The van der Waals surface area contributed by atoms with Gasteiger partial charge in [0.2, 0.25) is 16.6 Å². The molecule has 0 bridgehead atoms. The number of benzene rings is 5. The van der Waals surface area contributed by atoms with Crippen molar-refractivity contribution in [2.24, 2.45) is 0 Å². The first-order valence-corrected chi connectivity index (χ1v) is 22.3. The number of ether oxygens (including phenoxy) is 2. The van der Waals surface area contributed by atoms with Crippen molar-refractivity contribution in [3.63, 3.8) is 0 Å². The molecule has 0 fully saturated rings. The van der Waals surface area contributed by atoms with Crippen LogP contribution in [0, 0.1) is 0 Å². The summed E-state index contributed by atoms with van der Waals surface area (Å²) in [5.41, 5.74) is 3.04. The van der Waals surface area contributed by atoms with Crippen molar-refractivity contribution in [1.29, 1.82) is 0 Å². The van der Waals surface area contributed by atoms with Gasteiger partial charge in [-0.15, -0.1) is 0 Å². The molecule has 0 saturated carbocycles. The first-order valence-electron chi connectivity index (χ1n) is 17.0. The van der Waals surface area contributed by atoms with Crippen LogP contribution in [-0.4, -0.2) is 35.5 Å². The van der Waals surface area contributed by atoms with Gasteiger partial charge in [0.25, 0.3) is 0 Å². The molecule has 5 nitrogen and oxygen atoms in total. The third-order valence-corrected chi connectivity index (χ3v) is 18.6. The van der Waals surface area contributed by atoms with Crippen molar-refractivity contribution in [2.75, 3.05) is 7.11 Å². The topological polar surface area (TPSA) is 61.8 Å². The minimum atomic E-state index is -2.47. The first-order chi connectivity index (χ1) is 23.7. The van der Waals surface area contributed by atoms with E-state index in [4.69, 9.17) is 13.6 Å². The second-order valence-corrected chi connectivity index (χ2v) is 20.8. The number of carbonyl (C=O) groups is 2. The van der Waals surface area contributed by atoms with Gasteiger partial charge in [-0.2, -0.15) is 0 Å². The van der Waals surface area contributed by atoms with E-state index in [1.165, 1.54) is 22.9 Å². The van der Waals surface area contributed by atoms with Crippen molar-refractivity contribution in [3.05, 3.63) is 156 Å². The number of Topliss-reactive ketones (excluding diaryl/α,β-unsaturated/α-hetero) is 1. The maximum atomic E-state index is 13.1. The lowest BCUT2D eigenvalue weighted by Crippen LogP contribution is -2.60. The van der Waals surface area contributed by atoms with Crippen LogP contribution in [0.5, 0.6) is 11.5 Å². The van der Waals surface area contributed by atoms with E-state index in [0.29, 0.717) is 16.9 Å². The van der Waals surface area contributed by atoms with Crippen LogP contribution in [0.4, 0.5) is 0 Å². The molecular weight excluding hydrogens is 641 g/mol. The van der Waals surface area contributed by atoms with Crippen LogP contribution < -0.4 is 19.8 Å². The van der Waals surface area contributed by atoms with Crippen molar-refractivity contribution < 1.29 is 23.2 Å². The molecule has 0 aliphatic carbocycles. The van der Waals surface area contributed by atoms with Crippen LogP contribution in [0.3, 0.4) is 0 Å². The summed E-state index contributed by atoms with van der Waals surface area (Å²) in [4.78, 5) is 25.0. The highest BCUT2D eigenvalue weighted by molar-refractivity contribution is 6.97. The molecule has 252 valence electrons. The molecule has 0 amide bonds. The van der Waals surface area contributed by atoms with Crippen LogP contribution >= 0.6 is 0 Å². The molecular formula is C42H46O5Si2. The van der Waals surface area contributed by atoms with Crippen molar-refractivity contribution >= 4 is 38.8 Å². The van der Waals surface area contributed by atoms with Crippen LogP contribution in [0.15, 0.2) is 133 Å². The van der Waals surface area contributed by atoms with Crippen LogP contribution in [0.25, 0.3) is 0 Å². The number of aryl methyl sites for hydroxylation is 2. The van der Waals surface area contributed by atoms with Gasteiger partial charge in [-0.05, 0) is 104 Å². The molecule has 5 aromatic rings. The van der Waals surface area contributed by atoms with Crippen LogP contribution in [-0.2, 0) is 17.0 Å². The molecule has 5 rings (SSSR count). The predicted molar refractivity (Wildman–Crippen MR) is 204 cm³/mol. The first kappa shape index (κ1) is 35.7. The Morgan fingerprint density at radius 3 is 1.57 bits per heavy atom. The molecule has 0 aliphatic rings. The highest BCUT2D eigenvalue weighted by Gasteiger charge is 2.41. The maximum Gasteiger partial charge on any atom is 0.343 e. The van der Waals surface area contributed by atoms with Crippen molar-refractivity contribution in [1.82, 2.24) is 0 Å². The third kappa shape index (κ3) is 9.32. The number of carbonyl (C=O) groups excluding carboxylic acids is 2. The average Bonchev–Trinajstić information content (AvgIpc) is 3.13. The van der Waals surface area contributed by atoms with Crippen molar-refractivity contribution in [3.8, 4) is 11.5 Å². The SMILES string of the molecule is COc1ccccc1CCC[Si](C)(O[Si](C)(CCCc1ccccc1OC(=O)c1cccc(C(C)=O)c1)c1ccccc1)c1ccccc1. The smallest absolute Gasteiger partial charge is 0.343 e. The van der Waals surface area contributed by atoms with E-state index in [-0.39, 0.29) is 5.78 Å². The van der Waals surface area contributed by atoms with Gasteiger partial charge in [-0.1, -0.05) is 109 Å². The minimum Gasteiger partial charge on any atom is -0.496 e. The van der Waals surface area contributed by atoms with Crippen LogP contribution in [0.2, 0.25) is 25.2 Å². The number of para-hydroxylation sites is 2. The van der Waals surface area contributed by atoms with Gasteiger partial charge in [-0.25, -0.2) is 4.79 Å². The number of methoxy groups -OCH3 is 1. The number of rotatable bonds is 16. The van der Waals surface area contributed by atoms with E-state index in [2.05, 4.69) is 85.9 Å². The van der Waals surface area contributed by atoms with E-state index in [0.717, 1.165) is 49.1 Å². The van der Waals surface area contributed by atoms with Gasteiger partial charge in [-0.3, -0.25) is 4.79 Å². The van der Waals surface area contributed by atoms with Crippen LogP contribution in [0.1, 0.15) is 51.6 Å². The predicted octanol–water partition coefficient (Wildman–Crippen LogP) is 8.66. The van der Waals surface area contributed by atoms with Gasteiger partial charge >= 0.3 is 5.97 Å². The van der Waals surface area contributed by atoms with E-state index in [1.54, 1.807) is 31.4 Å². The Morgan fingerprint density at radius 2 is 1.04 bits per heavy atom. The Labute approximate surface area is 293 Å². The van der Waals surface area contributed by atoms with E-state index in [9.17, 15) is 9.59 Å². The lowest BCUT2D eigenvalue weighted by Gasteiger charge is -2.39. The Bertz CT molecular complexity index is 1840. The molecule has 0 spiro atoms. The summed E-state index contributed by atoms with van der Waals surface area (Å²) in [5, 5.41) is 2.61. The Hall–Kier alpha value is -4.57. The van der Waals surface area contributed by atoms with E-state index >= 15 is 0 Å². The van der Waals surface area contributed by atoms with Gasteiger partial charge in [0.15, 0.2) is 5.78 Å². The zero-order chi connectivity index (χ0) is 34.7. The number of esters is 1. The fourth-order valence-electron chi connectivity index (χ4n) is 6.56. The molecule has 2 unspecified atom stereocenters. The summed E-state index contributed by atoms with van der Waals surface area (Å²) in [6.07, 6.45) is 3.56. The Morgan fingerprint density at radius 1 is 0.571 bits per heavy atom. The summed E-state index contributed by atoms with van der Waals surface area (Å²) in [7, 11) is -3.14. The number of ketones is 1. The highest BCUT2D eigenvalue weighted by Crippen LogP contribution is 2.29. The van der Waals surface area contributed by atoms with Gasteiger partial charge in [0.1, 0.15) is 11.5 Å². The molecule has 0 radical (unpaired) electrons. The zero-order valence-corrected chi connectivity index (χ0v) is 31.0. The molecule has 2 atom stereocenters. The lowest BCUT2D eigenvalue weighted by molar-refractivity contribution is 0.0733. The monoisotopic (exact) mass is 686 g/mol. The number of hydrogen-bond donors (Lipinski definition) is 0. The van der Waals surface area contributed by atoms with Gasteiger partial charge in [0.05, 0.1) is 12.7 Å². The largest absolute Gasteiger partial charge is 0.496 e. The quantitative estimate of drug-likeness (QED) is 0.0450. The normalized spacial score (nSPS) is 13.6. The molecule has 0 aliphatic heterocycles. The fourth-order valence-corrected chi connectivity index (χ4v) is 16.4.